The van der Waals surface area contributed by atoms with Crippen LogP contribution in [0.25, 0.3) is 0 Å². The molecule has 2 amide bonds. The Morgan fingerprint density at radius 1 is 1.13 bits per heavy atom. The summed E-state index contributed by atoms with van der Waals surface area (Å²) in [6, 6.07) is 11.3. The predicted molar refractivity (Wildman–Crippen MR) is 113 cm³/mol. The summed E-state index contributed by atoms with van der Waals surface area (Å²) in [6.45, 7) is 1.53. The predicted octanol–water partition coefficient (Wildman–Crippen LogP) is 3.32. The number of carbonyl (C=O) groups excluding carboxylic acids is 2. The molecule has 3 rings (SSSR count). The van der Waals surface area contributed by atoms with Crippen LogP contribution >= 0.6 is 11.6 Å². The topological polar surface area (TPSA) is 113 Å². The zero-order valence-electron chi connectivity index (χ0n) is 16.6. The van der Waals surface area contributed by atoms with Crippen molar-refractivity contribution in [3.8, 4) is 0 Å². The van der Waals surface area contributed by atoms with Gasteiger partial charge < -0.3 is 15.6 Å². The van der Waals surface area contributed by atoms with E-state index in [4.69, 9.17) is 17.3 Å². The first-order valence-electron chi connectivity index (χ1n) is 9.06. The zero-order chi connectivity index (χ0) is 22.9. The Labute approximate surface area is 183 Å². The lowest BCUT2D eigenvalue weighted by molar-refractivity contribution is 0.0779. The number of H-pyrrole nitrogens is 1. The SMILES string of the molecule is Cc1c(C(=O)N(C)Cc2ccccc2Cl)[nH]c(C(N)=O)c1S(=O)(=O)c1cccc(F)c1. The second-order valence-electron chi connectivity index (χ2n) is 6.91. The minimum atomic E-state index is -4.34. The summed E-state index contributed by atoms with van der Waals surface area (Å²) in [6.07, 6.45) is 0. The molecule has 0 aliphatic heterocycles. The van der Waals surface area contributed by atoms with E-state index in [-0.39, 0.29) is 22.7 Å². The van der Waals surface area contributed by atoms with Crippen molar-refractivity contribution >= 4 is 33.3 Å². The Balaban J connectivity index is 2.07. The van der Waals surface area contributed by atoms with Gasteiger partial charge in [0.1, 0.15) is 22.1 Å². The zero-order valence-corrected chi connectivity index (χ0v) is 18.2. The van der Waals surface area contributed by atoms with Gasteiger partial charge >= 0.3 is 0 Å². The number of rotatable bonds is 6. The molecular formula is C21H19ClFN3O4S. The number of aromatic amines is 1. The number of carbonyl (C=O) groups is 2. The minimum Gasteiger partial charge on any atom is -0.364 e. The maximum absolute atomic E-state index is 13.6. The van der Waals surface area contributed by atoms with E-state index in [0.29, 0.717) is 10.6 Å². The van der Waals surface area contributed by atoms with Crippen molar-refractivity contribution in [2.75, 3.05) is 7.05 Å². The molecule has 1 heterocycles. The highest BCUT2D eigenvalue weighted by Gasteiger charge is 2.32. The number of primary amides is 1. The molecule has 162 valence electrons. The Kier molecular flexibility index (Phi) is 6.19. The highest BCUT2D eigenvalue weighted by molar-refractivity contribution is 7.91. The molecule has 3 aromatic rings. The summed E-state index contributed by atoms with van der Waals surface area (Å²) in [5.41, 5.74) is 5.50. The molecule has 0 atom stereocenters. The first-order chi connectivity index (χ1) is 14.5. The molecule has 0 fully saturated rings. The van der Waals surface area contributed by atoms with Gasteiger partial charge in [-0.2, -0.15) is 0 Å². The van der Waals surface area contributed by atoms with Crippen molar-refractivity contribution in [1.29, 1.82) is 0 Å². The summed E-state index contributed by atoms with van der Waals surface area (Å²) < 4.78 is 39.9. The van der Waals surface area contributed by atoms with Crippen molar-refractivity contribution in [2.45, 2.75) is 23.3 Å². The molecule has 0 spiro atoms. The highest BCUT2D eigenvalue weighted by Crippen LogP contribution is 2.30. The van der Waals surface area contributed by atoms with Crippen molar-refractivity contribution < 1.29 is 22.4 Å². The molecule has 10 heteroatoms. The Morgan fingerprint density at radius 2 is 1.81 bits per heavy atom. The van der Waals surface area contributed by atoms with Crippen molar-refractivity contribution in [3.05, 3.63) is 81.9 Å². The van der Waals surface area contributed by atoms with Crippen molar-refractivity contribution in [2.24, 2.45) is 5.73 Å². The van der Waals surface area contributed by atoms with Crippen LogP contribution in [-0.2, 0) is 16.4 Å². The van der Waals surface area contributed by atoms with E-state index in [0.717, 1.165) is 12.1 Å². The van der Waals surface area contributed by atoms with E-state index in [1.807, 2.05) is 0 Å². The summed E-state index contributed by atoms with van der Waals surface area (Å²) in [7, 11) is -2.83. The molecular weight excluding hydrogens is 445 g/mol. The van der Waals surface area contributed by atoms with Crippen LogP contribution in [0.2, 0.25) is 5.02 Å². The van der Waals surface area contributed by atoms with Crippen LogP contribution in [0.3, 0.4) is 0 Å². The number of amides is 2. The van der Waals surface area contributed by atoms with E-state index in [2.05, 4.69) is 4.98 Å². The maximum atomic E-state index is 13.6. The Bertz CT molecular complexity index is 1290. The molecule has 0 saturated carbocycles. The number of halogens is 2. The van der Waals surface area contributed by atoms with E-state index < -0.39 is 38.1 Å². The normalized spacial score (nSPS) is 11.4. The van der Waals surface area contributed by atoms with Gasteiger partial charge in [-0.1, -0.05) is 35.9 Å². The number of hydrogen-bond acceptors (Lipinski definition) is 4. The van der Waals surface area contributed by atoms with Gasteiger partial charge in [0.15, 0.2) is 0 Å². The standard InChI is InChI=1S/C21H19ClFN3O4S/c1-12-17(21(28)26(2)11-13-6-3-4-9-16(13)22)25-18(20(24)27)19(12)31(29,30)15-8-5-7-14(23)10-15/h3-10,25H,11H2,1-2H3,(H2,24,27). The summed E-state index contributed by atoms with van der Waals surface area (Å²) in [5.74, 6) is -2.39. The van der Waals surface area contributed by atoms with Gasteiger partial charge in [0.05, 0.1) is 4.90 Å². The summed E-state index contributed by atoms with van der Waals surface area (Å²) >= 11 is 6.14. The fourth-order valence-corrected chi connectivity index (χ4v) is 5.08. The molecule has 31 heavy (non-hydrogen) atoms. The molecule has 0 unspecified atom stereocenters. The third-order valence-corrected chi connectivity index (χ3v) is 7.03. The van der Waals surface area contributed by atoms with Crippen molar-refractivity contribution in [1.82, 2.24) is 9.88 Å². The van der Waals surface area contributed by atoms with E-state index in [1.165, 1.54) is 31.0 Å². The molecule has 1 aromatic heterocycles. The highest BCUT2D eigenvalue weighted by atomic mass is 35.5. The number of hydrogen-bond donors (Lipinski definition) is 2. The van der Waals surface area contributed by atoms with Crippen LogP contribution in [0.4, 0.5) is 4.39 Å². The second-order valence-corrected chi connectivity index (χ2v) is 9.20. The van der Waals surface area contributed by atoms with Gasteiger partial charge in [0.25, 0.3) is 11.8 Å². The molecule has 0 aliphatic rings. The van der Waals surface area contributed by atoms with Crippen LogP contribution in [0.5, 0.6) is 0 Å². The van der Waals surface area contributed by atoms with Crippen LogP contribution in [-0.4, -0.2) is 37.2 Å². The second kappa shape index (κ2) is 8.52. The van der Waals surface area contributed by atoms with Gasteiger partial charge in [-0.25, -0.2) is 12.8 Å². The van der Waals surface area contributed by atoms with E-state index >= 15 is 0 Å². The molecule has 0 saturated heterocycles. The van der Waals surface area contributed by atoms with Gasteiger partial charge in [-0.15, -0.1) is 0 Å². The van der Waals surface area contributed by atoms with Gasteiger partial charge in [0, 0.05) is 18.6 Å². The molecule has 2 aromatic carbocycles. The van der Waals surface area contributed by atoms with Crippen LogP contribution in [0.1, 0.15) is 32.1 Å². The van der Waals surface area contributed by atoms with Gasteiger partial charge in [-0.05, 0) is 42.3 Å². The lowest BCUT2D eigenvalue weighted by atomic mass is 10.2. The Morgan fingerprint density at radius 3 is 2.42 bits per heavy atom. The molecule has 3 N–H and O–H groups in total. The smallest absolute Gasteiger partial charge is 0.270 e. The molecule has 0 bridgehead atoms. The average molecular weight is 464 g/mol. The fraction of sp³-hybridized carbons (Fsp3) is 0.143. The first-order valence-corrected chi connectivity index (χ1v) is 10.9. The van der Waals surface area contributed by atoms with Crippen LogP contribution < -0.4 is 5.73 Å². The quantitative estimate of drug-likeness (QED) is 0.583. The number of nitrogens with one attached hydrogen (secondary N) is 1. The fourth-order valence-electron chi connectivity index (χ4n) is 3.20. The van der Waals surface area contributed by atoms with Crippen LogP contribution in [0, 0.1) is 12.7 Å². The van der Waals surface area contributed by atoms with Crippen molar-refractivity contribution in [3.63, 3.8) is 0 Å². The van der Waals surface area contributed by atoms with Crippen LogP contribution in [0.15, 0.2) is 58.3 Å². The molecule has 0 radical (unpaired) electrons. The number of nitrogens with zero attached hydrogens (tertiary/aromatic N) is 1. The number of aromatic nitrogens is 1. The number of sulfone groups is 1. The number of nitrogens with two attached hydrogens (primary N) is 1. The first kappa shape index (κ1) is 22.5. The average Bonchev–Trinajstić information content (AvgIpc) is 3.07. The summed E-state index contributed by atoms with van der Waals surface area (Å²) in [5, 5.41) is 0.470. The monoisotopic (exact) mass is 463 g/mol. The van der Waals surface area contributed by atoms with Gasteiger partial charge in [-0.3, -0.25) is 9.59 Å². The lowest BCUT2D eigenvalue weighted by Gasteiger charge is -2.18. The maximum Gasteiger partial charge on any atom is 0.270 e. The third kappa shape index (κ3) is 4.33. The largest absolute Gasteiger partial charge is 0.364 e. The number of benzene rings is 2. The van der Waals surface area contributed by atoms with E-state index in [1.54, 1.807) is 24.3 Å². The minimum absolute atomic E-state index is 0.00840. The molecule has 7 nitrogen and oxygen atoms in total. The third-order valence-electron chi connectivity index (χ3n) is 4.74. The van der Waals surface area contributed by atoms with E-state index in [9.17, 15) is 22.4 Å². The van der Waals surface area contributed by atoms with Gasteiger partial charge in [0.2, 0.25) is 9.84 Å². The molecule has 0 aliphatic carbocycles. The Hall–Kier alpha value is -3.17. The lowest BCUT2D eigenvalue weighted by Crippen LogP contribution is -2.27. The summed E-state index contributed by atoms with van der Waals surface area (Å²) in [4.78, 5) is 28.1.